The Morgan fingerprint density at radius 1 is 1.32 bits per heavy atom. The van der Waals surface area contributed by atoms with Crippen LogP contribution in [0.3, 0.4) is 0 Å². The molecule has 1 fully saturated rings. The van der Waals surface area contributed by atoms with Gasteiger partial charge in [0.15, 0.2) is 0 Å². The maximum Gasteiger partial charge on any atom is 0.253 e. The van der Waals surface area contributed by atoms with Gasteiger partial charge in [0.2, 0.25) is 5.91 Å². The predicted octanol–water partition coefficient (Wildman–Crippen LogP) is 2.63. The summed E-state index contributed by atoms with van der Waals surface area (Å²) in [5.41, 5.74) is 0.383. The molecule has 2 atom stereocenters. The summed E-state index contributed by atoms with van der Waals surface area (Å²) in [5.74, 6) is -0.0274. The number of hydrogen-bond acceptors (Lipinski definition) is 3. The highest BCUT2D eigenvalue weighted by Gasteiger charge is 2.26. The first-order valence-corrected chi connectivity index (χ1v) is 8.90. The topological polar surface area (TPSA) is 70.2 Å². The van der Waals surface area contributed by atoms with Crippen LogP contribution in [0, 0.1) is 11.8 Å². The van der Waals surface area contributed by atoms with Crippen molar-refractivity contribution in [3.63, 3.8) is 0 Å². The van der Waals surface area contributed by atoms with E-state index < -0.39 is 6.04 Å². The Labute approximate surface area is 160 Å². The van der Waals surface area contributed by atoms with Crippen molar-refractivity contribution in [1.29, 1.82) is 0 Å². The van der Waals surface area contributed by atoms with Crippen LogP contribution in [0.15, 0.2) is 24.3 Å². The quantitative estimate of drug-likeness (QED) is 0.702. The third-order valence-corrected chi connectivity index (χ3v) is 4.65. The number of hydrogen-bond donors (Lipinski definition) is 3. The Bertz CT molecular complexity index is 575. The van der Waals surface area contributed by atoms with Crippen molar-refractivity contribution in [2.75, 3.05) is 19.6 Å². The lowest BCUT2D eigenvalue weighted by Crippen LogP contribution is -2.51. The molecule has 1 heterocycles. The molecular formula is C18H27Cl2N3O2. The van der Waals surface area contributed by atoms with E-state index >= 15 is 0 Å². The Kier molecular flexibility index (Phi) is 9.25. The van der Waals surface area contributed by atoms with E-state index in [1.807, 2.05) is 13.8 Å². The van der Waals surface area contributed by atoms with Crippen molar-refractivity contribution in [1.82, 2.24) is 16.0 Å². The molecular weight excluding hydrogens is 361 g/mol. The first kappa shape index (κ1) is 21.7. The van der Waals surface area contributed by atoms with Gasteiger partial charge >= 0.3 is 0 Å². The molecule has 7 heteroatoms. The molecule has 5 nitrogen and oxygen atoms in total. The van der Waals surface area contributed by atoms with Crippen molar-refractivity contribution < 1.29 is 9.59 Å². The van der Waals surface area contributed by atoms with Crippen LogP contribution in [0.2, 0.25) is 5.02 Å². The van der Waals surface area contributed by atoms with Gasteiger partial charge in [-0.2, -0.15) is 0 Å². The number of carbonyl (C=O) groups excluding carboxylic acids is 2. The van der Waals surface area contributed by atoms with Crippen LogP contribution in [0.25, 0.3) is 0 Å². The lowest BCUT2D eigenvalue weighted by Gasteiger charge is -2.26. The fourth-order valence-electron chi connectivity index (χ4n) is 2.85. The second kappa shape index (κ2) is 10.6. The Hall–Kier alpha value is -1.30. The lowest BCUT2D eigenvalue weighted by molar-refractivity contribution is -0.124. The molecule has 1 aliphatic rings. The van der Waals surface area contributed by atoms with Crippen molar-refractivity contribution in [2.24, 2.45) is 11.8 Å². The van der Waals surface area contributed by atoms with Gasteiger partial charge in [-0.15, -0.1) is 12.4 Å². The van der Waals surface area contributed by atoms with Crippen molar-refractivity contribution in [3.05, 3.63) is 34.9 Å². The minimum Gasteiger partial charge on any atom is -0.354 e. The lowest BCUT2D eigenvalue weighted by atomic mass is 9.98. The van der Waals surface area contributed by atoms with Gasteiger partial charge in [-0.05, 0) is 49.9 Å². The number of halogens is 2. The fraction of sp³-hybridized carbons (Fsp3) is 0.556. The third-order valence-electron chi connectivity index (χ3n) is 4.32. The van der Waals surface area contributed by atoms with Crippen LogP contribution in [-0.4, -0.2) is 37.5 Å². The molecule has 25 heavy (non-hydrogen) atoms. The second-order valence-corrected chi connectivity index (χ2v) is 7.04. The molecule has 0 radical (unpaired) electrons. The Morgan fingerprint density at radius 3 is 2.64 bits per heavy atom. The highest BCUT2D eigenvalue weighted by Crippen LogP contribution is 2.15. The van der Waals surface area contributed by atoms with Crippen LogP contribution in [0.5, 0.6) is 0 Å². The molecule has 0 bridgehead atoms. The van der Waals surface area contributed by atoms with Crippen molar-refractivity contribution >= 4 is 35.8 Å². The van der Waals surface area contributed by atoms with E-state index in [0.717, 1.165) is 25.9 Å². The normalized spacial score (nSPS) is 18.2. The van der Waals surface area contributed by atoms with E-state index in [1.54, 1.807) is 24.3 Å². The molecule has 0 aromatic heterocycles. The van der Waals surface area contributed by atoms with Gasteiger partial charge in [0.05, 0.1) is 10.6 Å². The number of carbonyl (C=O) groups is 2. The van der Waals surface area contributed by atoms with Gasteiger partial charge in [0, 0.05) is 6.54 Å². The van der Waals surface area contributed by atoms with Crippen molar-refractivity contribution in [2.45, 2.75) is 32.7 Å². The molecule has 0 spiro atoms. The maximum atomic E-state index is 12.5. The molecule has 1 aliphatic heterocycles. The molecule has 2 amide bonds. The Morgan fingerprint density at radius 2 is 2.04 bits per heavy atom. The fourth-order valence-corrected chi connectivity index (χ4v) is 3.07. The summed E-state index contributed by atoms with van der Waals surface area (Å²) in [5, 5.41) is 9.50. The first-order chi connectivity index (χ1) is 11.5. The van der Waals surface area contributed by atoms with Crippen LogP contribution in [-0.2, 0) is 4.79 Å². The maximum absolute atomic E-state index is 12.5. The van der Waals surface area contributed by atoms with Gasteiger partial charge in [0.1, 0.15) is 6.04 Å². The van der Waals surface area contributed by atoms with Crippen LogP contribution >= 0.6 is 24.0 Å². The molecule has 0 aliphatic carbocycles. The summed E-state index contributed by atoms with van der Waals surface area (Å²) >= 11 is 6.06. The SMILES string of the molecule is CC(C)C(NC(=O)c1ccccc1Cl)C(=O)NCC1CCCNC1.Cl. The summed E-state index contributed by atoms with van der Waals surface area (Å²) in [6.07, 6.45) is 2.25. The summed E-state index contributed by atoms with van der Waals surface area (Å²) in [6, 6.07) is 6.26. The van der Waals surface area contributed by atoms with Crippen LogP contribution in [0.4, 0.5) is 0 Å². The van der Waals surface area contributed by atoms with Gasteiger partial charge in [0.25, 0.3) is 5.91 Å². The average Bonchev–Trinajstić information content (AvgIpc) is 2.58. The Balaban J connectivity index is 0.00000312. The summed E-state index contributed by atoms with van der Waals surface area (Å²) in [6.45, 7) is 6.45. The minimum atomic E-state index is -0.578. The molecule has 1 saturated heterocycles. The number of nitrogens with one attached hydrogen (secondary N) is 3. The van der Waals surface area contributed by atoms with Crippen molar-refractivity contribution in [3.8, 4) is 0 Å². The molecule has 140 valence electrons. The minimum absolute atomic E-state index is 0. The van der Waals surface area contributed by atoms with Gasteiger partial charge in [-0.25, -0.2) is 0 Å². The van der Waals surface area contributed by atoms with Crippen LogP contribution < -0.4 is 16.0 Å². The van der Waals surface area contributed by atoms with Gasteiger partial charge < -0.3 is 16.0 Å². The highest BCUT2D eigenvalue weighted by molar-refractivity contribution is 6.33. The second-order valence-electron chi connectivity index (χ2n) is 6.63. The van der Waals surface area contributed by atoms with Gasteiger partial charge in [-0.3, -0.25) is 9.59 Å². The third kappa shape index (κ3) is 6.49. The highest BCUT2D eigenvalue weighted by atomic mass is 35.5. The number of amides is 2. The summed E-state index contributed by atoms with van der Waals surface area (Å²) in [4.78, 5) is 24.9. The van der Waals surface area contributed by atoms with E-state index in [0.29, 0.717) is 23.0 Å². The molecule has 3 N–H and O–H groups in total. The largest absolute Gasteiger partial charge is 0.354 e. The van der Waals surface area contributed by atoms with E-state index in [9.17, 15) is 9.59 Å². The zero-order valence-electron chi connectivity index (χ0n) is 14.7. The van der Waals surface area contributed by atoms with E-state index in [2.05, 4.69) is 16.0 Å². The predicted molar refractivity (Wildman–Crippen MR) is 103 cm³/mol. The summed E-state index contributed by atoms with van der Waals surface area (Å²) in [7, 11) is 0. The smallest absolute Gasteiger partial charge is 0.253 e. The summed E-state index contributed by atoms with van der Waals surface area (Å²) < 4.78 is 0. The monoisotopic (exact) mass is 387 g/mol. The van der Waals surface area contributed by atoms with Crippen LogP contribution in [0.1, 0.15) is 37.0 Å². The first-order valence-electron chi connectivity index (χ1n) is 8.53. The van der Waals surface area contributed by atoms with E-state index in [4.69, 9.17) is 11.6 Å². The van der Waals surface area contributed by atoms with E-state index in [-0.39, 0.29) is 30.1 Å². The average molecular weight is 388 g/mol. The van der Waals surface area contributed by atoms with Gasteiger partial charge in [-0.1, -0.05) is 37.6 Å². The molecule has 1 aromatic carbocycles. The zero-order chi connectivity index (χ0) is 17.5. The van der Waals surface area contributed by atoms with E-state index in [1.165, 1.54) is 0 Å². The number of benzene rings is 1. The number of rotatable bonds is 6. The number of piperidine rings is 1. The molecule has 2 rings (SSSR count). The molecule has 1 aromatic rings. The standard InChI is InChI=1S/C18H26ClN3O2.ClH/c1-12(2)16(18(24)21-11-13-6-5-9-20-10-13)22-17(23)14-7-3-4-8-15(14)19;/h3-4,7-8,12-13,16,20H,5-6,9-11H2,1-2H3,(H,21,24)(H,22,23);1H. The zero-order valence-corrected chi connectivity index (χ0v) is 16.3. The molecule has 0 saturated carbocycles. The molecule has 2 unspecified atom stereocenters.